The van der Waals surface area contributed by atoms with Crippen LogP contribution in [-0.4, -0.2) is 44.6 Å². The number of carbonyl (C=O) groups is 2. The smallest absolute Gasteiger partial charge is 0.435 e. The number of halogens is 2. The Bertz CT molecular complexity index is 1120. The minimum absolute atomic E-state index is 0.133. The summed E-state index contributed by atoms with van der Waals surface area (Å²) in [5.74, 6) is 0.239. The van der Waals surface area contributed by atoms with Crippen molar-refractivity contribution in [3.8, 4) is 5.82 Å². The maximum atomic E-state index is 13.3. The molecule has 0 saturated carbocycles. The summed E-state index contributed by atoms with van der Waals surface area (Å²) in [4.78, 5) is 35.6. The highest BCUT2D eigenvalue weighted by Crippen LogP contribution is 2.34. The summed E-state index contributed by atoms with van der Waals surface area (Å²) in [6, 6.07) is 10.3. The van der Waals surface area contributed by atoms with E-state index in [0.717, 1.165) is 5.69 Å². The number of fused-ring (bicyclic) bond motifs is 1. The number of hydrogen-bond donors (Lipinski definition) is 0. The van der Waals surface area contributed by atoms with Crippen LogP contribution in [0, 0.1) is 0 Å². The maximum absolute atomic E-state index is 13.3. The van der Waals surface area contributed by atoms with Gasteiger partial charge in [-0.1, -0.05) is 35.3 Å². The van der Waals surface area contributed by atoms with E-state index in [1.807, 2.05) is 22.8 Å². The summed E-state index contributed by atoms with van der Waals surface area (Å²) in [6.45, 7) is 2.06. The third-order valence-electron chi connectivity index (χ3n) is 4.81. The standard InChI is InChI=1S/C21H18Cl2N4O4/c1-2-30-21(29)31-20-18-15(27(12-25-18)16-8-3-4-10-24-16)9-11-26(20)19(28)13-6-5-7-14(22)17(13)23/h3-8,10,12,20H,2,9,11H2,1H3. The monoisotopic (exact) mass is 460 g/mol. The van der Waals surface area contributed by atoms with Gasteiger partial charge in [0.2, 0.25) is 6.23 Å². The number of benzene rings is 1. The van der Waals surface area contributed by atoms with Gasteiger partial charge in [-0.2, -0.15) is 0 Å². The summed E-state index contributed by atoms with van der Waals surface area (Å²) < 4.78 is 12.2. The lowest BCUT2D eigenvalue weighted by atomic mass is 10.1. The third kappa shape index (κ3) is 4.08. The molecule has 0 aliphatic carbocycles. The molecule has 1 aliphatic rings. The molecule has 2 aromatic heterocycles. The summed E-state index contributed by atoms with van der Waals surface area (Å²) in [5.41, 5.74) is 1.42. The van der Waals surface area contributed by atoms with Crippen LogP contribution in [0.1, 0.15) is 34.9 Å². The molecule has 0 bridgehead atoms. The molecule has 3 heterocycles. The first-order chi connectivity index (χ1) is 15.0. The fourth-order valence-corrected chi connectivity index (χ4v) is 3.80. The number of carbonyl (C=O) groups excluding carboxylic acids is 2. The van der Waals surface area contributed by atoms with E-state index in [1.54, 1.807) is 37.6 Å². The molecule has 0 N–H and O–H groups in total. The van der Waals surface area contributed by atoms with Crippen LogP contribution in [0.3, 0.4) is 0 Å². The van der Waals surface area contributed by atoms with Gasteiger partial charge in [0.15, 0.2) is 0 Å². The van der Waals surface area contributed by atoms with Crippen LogP contribution in [0.25, 0.3) is 5.82 Å². The van der Waals surface area contributed by atoms with E-state index in [4.69, 9.17) is 32.7 Å². The van der Waals surface area contributed by atoms with Gasteiger partial charge in [-0.05, 0) is 31.2 Å². The second-order valence-electron chi connectivity index (χ2n) is 6.64. The molecule has 0 radical (unpaired) electrons. The van der Waals surface area contributed by atoms with Crippen molar-refractivity contribution < 1.29 is 19.1 Å². The molecule has 0 saturated heterocycles. The number of pyridine rings is 1. The maximum Gasteiger partial charge on any atom is 0.510 e. The Morgan fingerprint density at radius 3 is 2.74 bits per heavy atom. The van der Waals surface area contributed by atoms with Crippen molar-refractivity contribution in [3.05, 3.63) is 75.9 Å². The number of ether oxygens (including phenoxy) is 2. The van der Waals surface area contributed by atoms with Crippen molar-refractivity contribution >= 4 is 35.3 Å². The molecule has 1 aliphatic heterocycles. The topological polar surface area (TPSA) is 86.6 Å². The minimum Gasteiger partial charge on any atom is -0.435 e. The number of amides is 1. The van der Waals surface area contributed by atoms with Gasteiger partial charge in [-0.3, -0.25) is 14.3 Å². The van der Waals surface area contributed by atoms with Crippen molar-refractivity contribution in [2.75, 3.05) is 13.2 Å². The quantitative estimate of drug-likeness (QED) is 0.534. The van der Waals surface area contributed by atoms with Crippen LogP contribution in [-0.2, 0) is 15.9 Å². The Hall–Kier alpha value is -3.10. The Balaban J connectivity index is 1.74. The lowest BCUT2D eigenvalue weighted by molar-refractivity contribution is -0.0444. The van der Waals surface area contributed by atoms with E-state index in [1.165, 1.54) is 4.90 Å². The van der Waals surface area contributed by atoms with Gasteiger partial charge in [0.25, 0.3) is 5.91 Å². The first-order valence-corrected chi connectivity index (χ1v) is 10.3. The van der Waals surface area contributed by atoms with Crippen LogP contribution in [0.5, 0.6) is 0 Å². The first-order valence-electron chi connectivity index (χ1n) is 9.57. The second-order valence-corrected chi connectivity index (χ2v) is 7.42. The molecule has 3 aromatic rings. The SMILES string of the molecule is CCOC(=O)OC1c2ncn(-c3ccccn3)c2CCN1C(=O)c1cccc(Cl)c1Cl. The highest BCUT2D eigenvalue weighted by molar-refractivity contribution is 6.43. The zero-order valence-corrected chi connectivity index (χ0v) is 18.0. The van der Waals surface area contributed by atoms with E-state index in [0.29, 0.717) is 17.9 Å². The van der Waals surface area contributed by atoms with Gasteiger partial charge in [0.1, 0.15) is 17.8 Å². The molecule has 0 spiro atoms. The molecule has 31 heavy (non-hydrogen) atoms. The highest BCUT2D eigenvalue weighted by atomic mass is 35.5. The summed E-state index contributed by atoms with van der Waals surface area (Å²) >= 11 is 12.3. The van der Waals surface area contributed by atoms with Crippen molar-refractivity contribution in [2.24, 2.45) is 0 Å². The average molecular weight is 461 g/mol. The number of hydrogen-bond acceptors (Lipinski definition) is 6. The van der Waals surface area contributed by atoms with Crippen LogP contribution in [0.15, 0.2) is 48.9 Å². The molecule has 1 atom stereocenters. The highest BCUT2D eigenvalue weighted by Gasteiger charge is 2.38. The molecule has 4 rings (SSSR count). The molecule has 1 aromatic carbocycles. The summed E-state index contributed by atoms with van der Waals surface area (Å²) in [6.07, 6.45) is 1.75. The number of rotatable bonds is 4. The van der Waals surface area contributed by atoms with Crippen molar-refractivity contribution in [1.29, 1.82) is 0 Å². The normalized spacial score (nSPS) is 15.3. The number of imidazole rings is 1. The van der Waals surface area contributed by atoms with Gasteiger partial charge >= 0.3 is 6.16 Å². The van der Waals surface area contributed by atoms with E-state index in [2.05, 4.69) is 9.97 Å². The van der Waals surface area contributed by atoms with Gasteiger partial charge < -0.3 is 9.47 Å². The van der Waals surface area contributed by atoms with Gasteiger partial charge in [0, 0.05) is 19.2 Å². The van der Waals surface area contributed by atoms with Crippen LogP contribution in [0.4, 0.5) is 4.79 Å². The zero-order valence-electron chi connectivity index (χ0n) is 16.5. The first kappa shape index (κ1) is 21.1. The lowest BCUT2D eigenvalue weighted by Gasteiger charge is -2.34. The molecular formula is C21H18Cl2N4O4. The Morgan fingerprint density at radius 1 is 1.16 bits per heavy atom. The molecule has 1 unspecified atom stereocenters. The Morgan fingerprint density at radius 2 is 2.00 bits per heavy atom. The molecule has 10 heteroatoms. The number of nitrogens with zero attached hydrogens (tertiary/aromatic N) is 4. The van der Waals surface area contributed by atoms with Crippen molar-refractivity contribution in [2.45, 2.75) is 19.6 Å². The molecule has 0 fully saturated rings. The fraction of sp³-hybridized carbons (Fsp3) is 0.238. The minimum atomic E-state index is -1.09. The van der Waals surface area contributed by atoms with E-state index in [9.17, 15) is 9.59 Å². The van der Waals surface area contributed by atoms with Crippen molar-refractivity contribution in [1.82, 2.24) is 19.4 Å². The Kier molecular flexibility index (Phi) is 6.11. The van der Waals surface area contributed by atoms with E-state index in [-0.39, 0.29) is 28.8 Å². The summed E-state index contributed by atoms with van der Waals surface area (Å²) in [7, 11) is 0. The summed E-state index contributed by atoms with van der Waals surface area (Å²) in [5, 5.41) is 0.390. The van der Waals surface area contributed by atoms with Crippen LogP contribution in [0.2, 0.25) is 10.0 Å². The predicted molar refractivity (Wildman–Crippen MR) is 113 cm³/mol. The second kappa shape index (κ2) is 8.95. The molecule has 1 amide bonds. The largest absolute Gasteiger partial charge is 0.510 e. The van der Waals surface area contributed by atoms with Crippen LogP contribution < -0.4 is 0 Å². The van der Waals surface area contributed by atoms with Crippen molar-refractivity contribution in [3.63, 3.8) is 0 Å². The Labute approximate surface area is 188 Å². The predicted octanol–water partition coefficient (Wildman–Crippen LogP) is 4.44. The molecule has 160 valence electrons. The molecule has 8 nitrogen and oxygen atoms in total. The third-order valence-corrected chi connectivity index (χ3v) is 5.63. The molecular weight excluding hydrogens is 443 g/mol. The number of aromatic nitrogens is 3. The van der Waals surface area contributed by atoms with Gasteiger partial charge in [-0.15, -0.1) is 0 Å². The lowest BCUT2D eigenvalue weighted by Crippen LogP contribution is -2.42. The zero-order chi connectivity index (χ0) is 22.0. The van der Waals surface area contributed by atoms with E-state index < -0.39 is 18.3 Å². The fourth-order valence-electron chi connectivity index (χ4n) is 3.42. The average Bonchev–Trinajstić information content (AvgIpc) is 3.21. The van der Waals surface area contributed by atoms with Crippen LogP contribution >= 0.6 is 23.2 Å². The van der Waals surface area contributed by atoms with Gasteiger partial charge in [0.05, 0.1) is 27.9 Å². The van der Waals surface area contributed by atoms with Gasteiger partial charge in [-0.25, -0.2) is 14.8 Å². The van der Waals surface area contributed by atoms with E-state index >= 15 is 0 Å².